The van der Waals surface area contributed by atoms with Crippen molar-refractivity contribution < 1.29 is 25.4 Å². The first kappa shape index (κ1) is 40.4. The van der Waals surface area contributed by atoms with Crippen molar-refractivity contribution in [3.8, 4) is 5.75 Å². The maximum atomic E-state index is 9.57. The fraction of sp³-hybridized carbons (Fsp3) is 0.180. The second-order valence-electron chi connectivity index (χ2n) is 14.4. The predicted molar refractivity (Wildman–Crippen MR) is 235 cm³/mol. The molecule has 4 nitrogen and oxygen atoms in total. The summed E-state index contributed by atoms with van der Waals surface area (Å²) in [5, 5.41) is 9.57. The molecule has 1 heterocycles. The van der Waals surface area contributed by atoms with E-state index in [-0.39, 0.29) is 21.4 Å². The van der Waals surface area contributed by atoms with Gasteiger partial charge in [0.05, 0.1) is 5.69 Å². The van der Waals surface area contributed by atoms with Crippen molar-refractivity contribution in [3.63, 3.8) is 0 Å². The maximum absolute atomic E-state index is 9.57. The number of aryl methyl sites for hydroxylation is 7. The first-order valence-corrected chi connectivity index (χ1v) is 22.0. The van der Waals surface area contributed by atoms with E-state index in [1.54, 1.807) is 18.3 Å². The monoisotopic (exact) mass is 844 g/mol. The number of rotatable bonds is 5. The molecule has 285 valence electrons. The summed E-state index contributed by atoms with van der Waals surface area (Å²) in [5.41, 5.74) is 18.5. The zero-order valence-corrected chi connectivity index (χ0v) is 35.7. The Bertz CT molecular complexity index is 2390. The molecule has 0 unspecified atom stereocenters. The standard InChI is InChI=1S/C21H26N2.C15H10.C14H13NO.ClH.Ru/c1-14-9-16(3)20(17(4)10-14)22-7-8-23(13-22)21-18(5)11-15(2)12-19(21)6;1-2-6-12(7-3-1)15-11-10-13-8-4-5-9-14(13)15;1-11-6-2-4-8-13(11)15-10-12-7-3-5-9-14(12)16;;/h9-12H,7-8H2,1-6H3;1-9,11H;2-10,16H,1H3;1H;/q;;;;+1/p-1. The Morgan fingerprint density at radius 2 is 1.25 bits per heavy atom. The van der Waals surface area contributed by atoms with Crippen LogP contribution in [0.15, 0.2) is 138 Å². The molecule has 6 aromatic rings. The number of aromatic hydroxyl groups is 1. The van der Waals surface area contributed by atoms with Gasteiger partial charge < -0.3 is 14.6 Å². The number of halogens is 1. The number of nitrogens with zero attached hydrogens (tertiary/aromatic N) is 3. The Morgan fingerprint density at radius 1 is 0.679 bits per heavy atom. The molecule has 0 bridgehead atoms. The number of benzene rings is 6. The van der Waals surface area contributed by atoms with Gasteiger partial charge in [-0.15, -0.1) is 0 Å². The van der Waals surface area contributed by atoms with Crippen LogP contribution in [0.5, 0.6) is 5.75 Å². The Kier molecular flexibility index (Phi) is 13.4. The van der Waals surface area contributed by atoms with Gasteiger partial charge in [-0.1, -0.05) is 88.0 Å². The van der Waals surface area contributed by atoms with Crippen molar-refractivity contribution in [2.24, 2.45) is 4.99 Å². The van der Waals surface area contributed by atoms with E-state index < -0.39 is 0 Å². The number of aliphatic imine (C=N–C) groups is 1. The van der Waals surface area contributed by atoms with Gasteiger partial charge in [0.2, 0.25) is 6.34 Å². The first-order valence-electron chi connectivity index (χ1n) is 18.9. The van der Waals surface area contributed by atoms with E-state index in [1.807, 2.05) is 49.4 Å². The quantitative estimate of drug-likeness (QED) is 0.0813. The van der Waals surface area contributed by atoms with Gasteiger partial charge in [-0.3, -0.25) is 4.99 Å². The molecule has 0 atom stereocenters. The first-order chi connectivity index (χ1) is 27.0. The van der Waals surface area contributed by atoms with Crippen LogP contribution in [0.25, 0.3) is 5.57 Å². The molecule has 0 fully saturated rings. The number of hydrogen-bond acceptors (Lipinski definition) is 3. The summed E-state index contributed by atoms with van der Waals surface area (Å²) in [5.74, 6) is 0.250. The van der Waals surface area contributed by atoms with Crippen LogP contribution in [-0.4, -0.2) is 39.4 Å². The van der Waals surface area contributed by atoms with Gasteiger partial charge in [0.25, 0.3) is 0 Å². The van der Waals surface area contributed by atoms with Gasteiger partial charge in [0.1, 0.15) is 18.8 Å². The number of fused-ring (bicyclic) bond motifs is 1. The third-order valence-corrected chi connectivity index (χ3v) is 11.8. The van der Waals surface area contributed by atoms with Crippen molar-refractivity contribution >= 4 is 49.0 Å². The molecule has 1 N–H and O–H groups in total. The van der Waals surface area contributed by atoms with Gasteiger partial charge in [0.15, 0.2) is 0 Å². The molecule has 0 aromatic heterocycles. The predicted octanol–water partition coefficient (Wildman–Crippen LogP) is 11.9. The third kappa shape index (κ3) is 9.59. The van der Waals surface area contributed by atoms with E-state index in [0.717, 1.165) is 29.9 Å². The van der Waals surface area contributed by atoms with Crippen LogP contribution in [0.3, 0.4) is 0 Å². The molecule has 0 spiro atoms. The minimum atomic E-state index is -0.218. The van der Waals surface area contributed by atoms with Crippen molar-refractivity contribution in [1.82, 2.24) is 0 Å². The number of phenolic OH excluding ortho intramolecular Hbond substituents is 1. The van der Waals surface area contributed by atoms with Crippen molar-refractivity contribution in [2.75, 3.05) is 18.0 Å². The summed E-state index contributed by atoms with van der Waals surface area (Å²) in [6, 6.07) is 43.1. The fourth-order valence-corrected chi connectivity index (χ4v) is 9.08. The van der Waals surface area contributed by atoms with E-state index in [1.165, 1.54) is 71.1 Å². The Labute approximate surface area is 344 Å². The van der Waals surface area contributed by atoms with Crippen LogP contribution in [-0.2, 0) is 15.7 Å². The molecule has 0 radical (unpaired) electrons. The molecular formula is C50H49ClN3ORu. The summed E-state index contributed by atoms with van der Waals surface area (Å²) in [4.78, 5) is 6.63. The van der Waals surface area contributed by atoms with Gasteiger partial charge in [-0.2, -0.15) is 0 Å². The molecule has 6 heteroatoms. The fourth-order valence-electron chi connectivity index (χ4n) is 7.52. The zero-order valence-electron chi connectivity index (χ0n) is 33.2. The molecule has 1 aliphatic carbocycles. The Hall–Kier alpha value is -5.22. The third-order valence-electron chi connectivity index (χ3n) is 9.89. The van der Waals surface area contributed by atoms with E-state index in [2.05, 4.69) is 141 Å². The van der Waals surface area contributed by atoms with Crippen LogP contribution in [0.1, 0.15) is 61.2 Å². The van der Waals surface area contributed by atoms with Gasteiger partial charge in [-0.05, 0) is 72.2 Å². The number of anilines is 1. The van der Waals surface area contributed by atoms with E-state index in [9.17, 15) is 5.11 Å². The van der Waals surface area contributed by atoms with Gasteiger partial charge in [-0.25, -0.2) is 0 Å². The minimum absolute atomic E-state index is 0.218. The average molecular weight is 844 g/mol. The van der Waals surface area contributed by atoms with Gasteiger partial charge >= 0.3 is 112 Å². The molecular weight excluding hydrogens is 795 g/mol. The SMILES string of the molecule is Cc1cc(C)c(N2[C-]=[N+](c3c(C)cc(C)cc3C)CC2)c(C)c1.Cc1ccccc1N=Cc1ccccc1O.[Cl][Ru]=[C]1C=C(c2ccccc2)c2ccccc21. The van der Waals surface area contributed by atoms with E-state index in [4.69, 9.17) is 9.69 Å². The molecule has 56 heavy (non-hydrogen) atoms. The summed E-state index contributed by atoms with van der Waals surface area (Å²) in [7, 11) is 6.10. The number of phenols is 1. The average Bonchev–Trinajstić information content (AvgIpc) is 3.80. The second-order valence-corrected chi connectivity index (χ2v) is 16.4. The summed E-state index contributed by atoms with van der Waals surface area (Å²) in [6.07, 6.45) is 7.51. The Balaban J connectivity index is 0.000000146. The molecule has 0 saturated heterocycles. The summed E-state index contributed by atoms with van der Waals surface area (Å²) < 4.78 is 3.58. The van der Waals surface area contributed by atoms with E-state index >= 15 is 0 Å². The van der Waals surface area contributed by atoms with Crippen molar-refractivity contribution in [3.05, 3.63) is 195 Å². The second kappa shape index (κ2) is 18.6. The van der Waals surface area contributed by atoms with Crippen LogP contribution < -0.4 is 4.90 Å². The van der Waals surface area contributed by atoms with Crippen LogP contribution in [0.2, 0.25) is 0 Å². The normalized spacial score (nSPS) is 13.9. The van der Waals surface area contributed by atoms with Gasteiger partial charge in [0, 0.05) is 23.2 Å². The zero-order chi connectivity index (χ0) is 39.8. The van der Waals surface area contributed by atoms with Crippen molar-refractivity contribution in [2.45, 2.75) is 48.5 Å². The Morgan fingerprint density at radius 3 is 1.89 bits per heavy atom. The van der Waals surface area contributed by atoms with Crippen LogP contribution >= 0.6 is 9.69 Å². The number of para-hydroxylation sites is 2. The summed E-state index contributed by atoms with van der Waals surface area (Å²) in [6.45, 7) is 17.1. The summed E-state index contributed by atoms with van der Waals surface area (Å²) >= 11 is -0.218. The molecule has 0 saturated carbocycles. The molecule has 2 aliphatic rings. The van der Waals surface area contributed by atoms with Crippen molar-refractivity contribution in [1.29, 1.82) is 0 Å². The molecule has 8 rings (SSSR count). The molecule has 1 aliphatic heterocycles. The topological polar surface area (TPSA) is 38.8 Å². The molecule has 6 aromatic carbocycles. The van der Waals surface area contributed by atoms with Crippen LogP contribution in [0, 0.1) is 48.5 Å². The number of hydrogen-bond donors (Lipinski definition) is 1. The molecule has 0 amide bonds. The van der Waals surface area contributed by atoms with Crippen LogP contribution in [0.4, 0.5) is 17.1 Å². The van der Waals surface area contributed by atoms with E-state index in [0.29, 0.717) is 0 Å². The number of allylic oxidation sites excluding steroid dienone is 1.